The molecule has 2 amide bonds. The number of amides is 2. The fourth-order valence-electron chi connectivity index (χ4n) is 3.34. The Morgan fingerprint density at radius 2 is 1.78 bits per heavy atom. The number of nitrogens with one attached hydrogen (secondary N) is 3. The summed E-state index contributed by atoms with van der Waals surface area (Å²) in [5, 5.41) is 17.2. The molecule has 10 heteroatoms. The van der Waals surface area contributed by atoms with Crippen LogP contribution in [-0.2, 0) is 20.7 Å². The highest BCUT2D eigenvalue weighted by Crippen LogP contribution is 2.21. The molecule has 10 nitrogen and oxygen atoms in total. The first-order valence-electron chi connectivity index (χ1n) is 9.79. The highest BCUT2D eigenvalue weighted by atomic mass is 16.6. The molecule has 0 unspecified atom stereocenters. The van der Waals surface area contributed by atoms with Crippen LogP contribution in [-0.4, -0.2) is 46.9 Å². The number of nitrogens with zero attached hydrogens (tertiary/aromatic N) is 1. The predicted molar refractivity (Wildman–Crippen MR) is 116 cm³/mol. The van der Waals surface area contributed by atoms with Gasteiger partial charge in [-0.2, -0.15) is 0 Å². The summed E-state index contributed by atoms with van der Waals surface area (Å²) in [6, 6.07) is 10.9. The molecule has 0 saturated heterocycles. The van der Waals surface area contributed by atoms with Crippen molar-refractivity contribution >= 4 is 34.4 Å². The van der Waals surface area contributed by atoms with Crippen molar-refractivity contribution in [3.8, 4) is 0 Å². The van der Waals surface area contributed by atoms with E-state index in [0.29, 0.717) is 0 Å². The summed E-state index contributed by atoms with van der Waals surface area (Å²) in [5.74, 6) is -2.04. The van der Waals surface area contributed by atoms with Crippen molar-refractivity contribution in [2.24, 2.45) is 0 Å². The highest BCUT2D eigenvalue weighted by Gasteiger charge is 2.28. The first kappa shape index (κ1) is 22.5. The number of nitro benzene ring substituents is 1. The third kappa shape index (κ3) is 4.91. The van der Waals surface area contributed by atoms with Crippen LogP contribution >= 0.6 is 0 Å². The topological polar surface area (TPSA) is 143 Å². The number of ether oxygens (including phenoxy) is 1. The van der Waals surface area contributed by atoms with Crippen molar-refractivity contribution in [3.63, 3.8) is 0 Å². The van der Waals surface area contributed by atoms with Crippen LogP contribution in [0.2, 0.25) is 0 Å². The number of H-pyrrole nitrogens is 1. The van der Waals surface area contributed by atoms with Gasteiger partial charge >= 0.3 is 5.97 Å². The molecular formula is C22H22N4O6. The third-order valence-corrected chi connectivity index (χ3v) is 4.98. The maximum atomic E-state index is 12.9. The van der Waals surface area contributed by atoms with Gasteiger partial charge in [-0.25, -0.2) is 4.79 Å². The predicted octanol–water partition coefficient (Wildman–Crippen LogP) is 2.09. The lowest BCUT2D eigenvalue weighted by Crippen LogP contribution is -2.52. The Morgan fingerprint density at radius 1 is 1.09 bits per heavy atom. The number of methoxy groups -OCH3 is 1. The van der Waals surface area contributed by atoms with Gasteiger partial charge in [0.25, 0.3) is 11.6 Å². The highest BCUT2D eigenvalue weighted by molar-refractivity contribution is 6.01. The molecule has 0 saturated carbocycles. The summed E-state index contributed by atoms with van der Waals surface area (Å²) in [4.78, 5) is 51.3. The van der Waals surface area contributed by atoms with E-state index in [-0.39, 0.29) is 17.7 Å². The van der Waals surface area contributed by atoms with Crippen LogP contribution in [0.4, 0.5) is 5.69 Å². The van der Waals surface area contributed by atoms with Crippen LogP contribution in [0.15, 0.2) is 54.7 Å². The molecule has 0 fully saturated rings. The molecule has 0 radical (unpaired) electrons. The standard InChI is InChI=1S/C22H22N4O6/c1-13(22(29)32-2)24-21(28)18(11-14-12-23-17-9-5-3-7-15(14)17)25-20(27)16-8-4-6-10-19(16)26(30)31/h3-10,12-13,18,23H,11H2,1-2H3,(H,24,28)(H,25,27)/t13-,18-/m0/s1. The fraction of sp³-hybridized carbons (Fsp3) is 0.227. The summed E-state index contributed by atoms with van der Waals surface area (Å²) in [6.07, 6.45) is 1.82. The zero-order chi connectivity index (χ0) is 23.3. The minimum Gasteiger partial charge on any atom is -0.467 e. The Hall–Kier alpha value is -4.21. The lowest BCUT2D eigenvalue weighted by atomic mass is 10.0. The minimum atomic E-state index is -1.10. The minimum absolute atomic E-state index is 0.0934. The van der Waals surface area contributed by atoms with Crippen LogP contribution < -0.4 is 10.6 Å². The molecule has 0 aliphatic rings. The van der Waals surface area contributed by atoms with Crippen molar-refractivity contribution in [1.29, 1.82) is 0 Å². The van der Waals surface area contributed by atoms with Gasteiger partial charge in [-0.1, -0.05) is 30.3 Å². The zero-order valence-electron chi connectivity index (χ0n) is 17.5. The Balaban J connectivity index is 1.89. The Bertz CT molecular complexity index is 1170. The summed E-state index contributed by atoms with van der Waals surface area (Å²) >= 11 is 0. The molecule has 166 valence electrons. The molecular weight excluding hydrogens is 416 g/mol. The SMILES string of the molecule is COC(=O)[C@H](C)NC(=O)[C@H](Cc1c[nH]c2ccccc12)NC(=O)c1ccccc1[N+](=O)[O-]. The van der Waals surface area contributed by atoms with Crippen LogP contribution in [0.3, 0.4) is 0 Å². The van der Waals surface area contributed by atoms with Gasteiger partial charge in [-0.15, -0.1) is 0 Å². The summed E-state index contributed by atoms with van der Waals surface area (Å²) < 4.78 is 4.63. The fourth-order valence-corrected chi connectivity index (χ4v) is 3.34. The van der Waals surface area contributed by atoms with Gasteiger partial charge in [0.2, 0.25) is 5.91 Å². The third-order valence-electron chi connectivity index (χ3n) is 4.98. The Kier molecular flexibility index (Phi) is 6.83. The molecule has 0 aliphatic heterocycles. The molecule has 3 N–H and O–H groups in total. The first-order chi connectivity index (χ1) is 15.3. The van der Waals surface area contributed by atoms with E-state index in [4.69, 9.17) is 0 Å². The Labute approximate surface area is 183 Å². The largest absolute Gasteiger partial charge is 0.467 e. The molecule has 3 rings (SSSR count). The zero-order valence-corrected chi connectivity index (χ0v) is 17.5. The first-order valence-corrected chi connectivity index (χ1v) is 9.79. The number of rotatable bonds is 8. The number of fused-ring (bicyclic) bond motifs is 1. The Morgan fingerprint density at radius 3 is 2.50 bits per heavy atom. The van der Waals surface area contributed by atoms with Crippen molar-refractivity contribution in [1.82, 2.24) is 15.6 Å². The molecule has 0 bridgehead atoms. The number of hydrogen-bond acceptors (Lipinski definition) is 6. The van der Waals surface area contributed by atoms with E-state index in [9.17, 15) is 24.5 Å². The van der Waals surface area contributed by atoms with Crippen molar-refractivity contribution in [3.05, 3.63) is 76.0 Å². The molecule has 32 heavy (non-hydrogen) atoms. The number of aromatic amines is 1. The van der Waals surface area contributed by atoms with Gasteiger partial charge in [0, 0.05) is 29.6 Å². The van der Waals surface area contributed by atoms with Gasteiger partial charge in [-0.05, 0) is 24.6 Å². The van der Waals surface area contributed by atoms with Crippen molar-refractivity contribution in [2.75, 3.05) is 7.11 Å². The summed E-state index contributed by atoms with van der Waals surface area (Å²) in [6.45, 7) is 1.45. The average Bonchev–Trinajstić information content (AvgIpc) is 3.20. The number of hydrogen-bond donors (Lipinski definition) is 3. The second-order valence-electron chi connectivity index (χ2n) is 7.12. The maximum absolute atomic E-state index is 12.9. The number of esters is 1. The van der Waals surface area contributed by atoms with Crippen molar-refractivity contribution in [2.45, 2.75) is 25.4 Å². The molecule has 0 aliphatic carbocycles. The van der Waals surface area contributed by atoms with E-state index in [1.807, 2.05) is 24.3 Å². The van der Waals surface area contributed by atoms with Gasteiger partial charge in [0.15, 0.2) is 0 Å². The lowest BCUT2D eigenvalue weighted by Gasteiger charge is -2.20. The normalized spacial score (nSPS) is 12.6. The molecule has 1 heterocycles. The van der Waals surface area contributed by atoms with Crippen LogP contribution in [0.25, 0.3) is 10.9 Å². The molecule has 1 aromatic heterocycles. The monoisotopic (exact) mass is 438 g/mol. The number of benzene rings is 2. The number of para-hydroxylation sites is 2. The molecule has 2 aromatic carbocycles. The van der Waals surface area contributed by atoms with E-state index < -0.39 is 34.8 Å². The molecule has 0 spiro atoms. The maximum Gasteiger partial charge on any atom is 0.328 e. The van der Waals surface area contributed by atoms with Crippen LogP contribution in [0, 0.1) is 10.1 Å². The number of carbonyl (C=O) groups excluding carboxylic acids is 3. The second kappa shape index (κ2) is 9.73. The molecule has 3 aromatic rings. The van der Waals surface area contributed by atoms with Gasteiger partial charge in [0.05, 0.1) is 12.0 Å². The number of aromatic nitrogens is 1. The van der Waals surface area contributed by atoms with Crippen LogP contribution in [0.1, 0.15) is 22.8 Å². The summed E-state index contributed by atoms with van der Waals surface area (Å²) in [7, 11) is 1.20. The quantitative estimate of drug-likeness (QED) is 0.279. The smallest absolute Gasteiger partial charge is 0.328 e. The summed E-state index contributed by atoms with van der Waals surface area (Å²) in [5.41, 5.74) is 1.07. The number of nitro groups is 1. The second-order valence-corrected chi connectivity index (χ2v) is 7.12. The van der Waals surface area contributed by atoms with E-state index in [1.54, 1.807) is 6.20 Å². The van der Waals surface area contributed by atoms with E-state index in [1.165, 1.54) is 38.3 Å². The van der Waals surface area contributed by atoms with Gasteiger partial charge in [0.1, 0.15) is 17.6 Å². The molecule has 2 atom stereocenters. The van der Waals surface area contributed by atoms with E-state index in [0.717, 1.165) is 16.5 Å². The van der Waals surface area contributed by atoms with E-state index >= 15 is 0 Å². The van der Waals surface area contributed by atoms with Gasteiger partial charge < -0.3 is 20.4 Å². The average molecular weight is 438 g/mol. The van der Waals surface area contributed by atoms with E-state index in [2.05, 4.69) is 20.4 Å². The van der Waals surface area contributed by atoms with Crippen molar-refractivity contribution < 1.29 is 24.0 Å². The lowest BCUT2D eigenvalue weighted by molar-refractivity contribution is -0.385. The van der Waals surface area contributed by atoms with Gasteiger partial charge in [-0.3, -0.25) is 19.7 Å². The van der Waals surface area contributed by atoms with Crippen LogP contribution in [0.5, 0.6) is 0 Å². The number of carbonyl (C=O) groups is 3.